The standard InChI is InChI=1S/C13H19NO2/c1-4-10-7-6-8-11(5-2)12(10)14-9(3)13(15)16/h6-9,14H,4-5H2,1-3H3,(H,15,16)/t9-/m0/s1. The molecule has 0 aliphatic heterocycles. The van der Waals surface area contributed by atoms with E-state index in [4.69, 9.17) is 5.11 Å². The summed E-state index contributed by atoms with van der Waals surface area (Å²) in [7, 11) is 0. The van der Waals surface area contributed by atoms with Gasteiger partial charge >= 0.3 is 5.97 Å². The Morgan fingerprint density at radius 3 is 2.19 bits per heavy atom. The van der Waals surface area contributed by atoms with Crippen LogP contribution in [-0.4, -0.2) is 17.1 Å². The first-order valence-corrected chi connectivity index (χ1v) is 5.70. The van der Waals surface area contributed by atoms with E-state index in [1.807, 2.05) is 18.2 Å². The highest BCUT2D eigenvalue weighted by molar-refractivity contribution is 5.77. The number of carbonyl (C=O) groups is 1. The maximum absolute atomic E-state index is 10.8. The van der Waals surface area contributed by atoms with Crippen molar-refractivity contribution in [3.05, 3.63) is 29.3 Å². The summed E-state index contributed by atoms with van der Waals surface area (Å²) in [6, 6.07) is 5.54. The van der Waals surface area contributed by atoms with Gasteiger partial charge in [0.25, 0.3) is 0 Å². The van der Waals surface area contributed by atoms with Crippen molar-refractivity contribution in [2.45, 2.75) is 39.7 Å². The second kappa shape index (κ2) is 5.54. The van der Waals surface area contributed by atoms with Crippen LogP contribution >= 0.6 is 0 Å². The van der Waals surface area contributed by atoms with Crippen molar-refractivity contribution >= 4 is 11.7 Å². The molecule has 1 atom stereocenters. The van der Waals surface area contributed by atoms with E-state index in [-0.39, 0.29) is 0 Å². The molecule has 0 aliphatic carbocycles. The third kappa shape index (κ3) is 2.75. The van der Waals surface area contributed by atoms with E-state index in [2.05, 4.69) is 19.2 Å². The molecule has 2 N–H and O–H groups in total. The summed E-state index contributed by atoms with van der Waals surface area (Å²) >= 11 is 0. The number of carboxylic acid groups (broad SMARTS) is 1. The van der Waals surface area contributed by atoms with E-state index < -0.39 is 12.0 Å². The Balaban J connectivity index is 3.04. The first-order chi connectivity index (χ1) is 7.60. The fourth-order valence-electron chi connectivity index (χ4n) is 1.71. The van der Waals surface area contributed by atoms with Gasteiger partial charge in [-0.15, -0.1) is 0 Å². The van der Waals surface area contributed by atoms with Crippen LogP contribution in [-0.2, 0) is 17.6 Å². The average molecular weight is 221 g/mol. The molecule has 1 rings (SSSR count). The summed E-state index contributed by atoms with van der Waals surface area (Å²) < 4.78 is 0. The van der Waals surface area contributed by atoms with Gasteiger partial charge in [-0.25, -0.2) is 0 Å². The predicted molar refractivity (Wildman–Crippen MR) is 65.9 cm³/mol. The summed E-state index contributed by atoms with van der Waals surface area (Å²) in [5.74, 6) is -0.826. The van der Waals surface area contributed by atoms with Gasteiger partial charge in [-0.2, -0.15) is 0 Å². The van der Waals surface area contributed by atoms with Crippen LogP contribution in [0.1, 0.15) is 31.9 Å². The van der Waals surface area contributed by atoms with Crippen molar-refractivity contribution in [3.8, 4) is 0 Å². The first-order valence-electron chi connectivity index (χ1n) is 5.70. The molecule has 0 fully saturated rings. The maximum Gasteiger partial charge on any atom is 0.325 e. The van der Waals surface area contributed by atoms with E-state index in [9.17, 15) is 4.79 Å². The molecule has 3 heteroatoms. The Bertz CT molecular complexity index is 352. The second-order valence-electron chi connectivity index (χ2n) is 3.86. The van der Waals surface area contributed by atoms with Crippen LogP contribution < -0.4 is 5.32 Å². The first kappa shape index (κ1) is 12.6. The van der Waals surface area contributed by atoms with E-state index in [1.165, 1.54) is 11.1 Å². The van der Waals surface area contributed by atoms with Gasteiger partial charge in [0.1, 0.15) is 6.04 Å². The summed E-state index contributed by atoms with van der Waals surface area (Å²) in [6.07, 6.45) is 1.81. The van der Waals surface area contributed by atoms with Crippen molar-refractivity contribution in [2.24, 2.45) is 0 Å². The lowest BCUT2D eigenvalue weighted by Gasteiger charge is -2.17. The molecule has 0 radical (unpaired) electrons. The molecule has 3 nitrogen and oxygen atoms in total. The van der Waals surface area contributed by atoms with Gasteiger partial charge < -0.3 is 10.4 Å². The van der Waals surface area contributed by atoms with Crippen LogP contribution in [0.3, 0.4) is 0 Å². The number of nitrogens with one attached hydrogen (secondary N) is 1. The Morgan fingerprint density at radius 1 is 1.31 bits per heavy atom. The summed E-state index contributed by atoms with van der Waals surface area (Å²) in [5.41, 5.74) is 3.34. The largest absolute Gasteiger partial charge is 0.480 e. The lowest BCUT2D eigenvalue weighted by molar-refractivity contribution is -0.137. The number of aryl methyl sites for hydroxylation is 2. The maximum atomic E-state index is 10.8. The highest BCUT2D eigenvalue weighted by Gasteiger charge is 2.14. The highest BCUT2D eigenvalue weighted by Crippen LogP contribution is 2.23. The summed E-state index contributed by atoms with van der Waals surface area (Å²) in [6.45, 7) is 5.81. The predicted octanol–water partition coefficient (Wildman–Crippen LogP) is 2.70. The fourth-order valence-corrected chi connectivity index (χ4v) is 1.71. The molecule has 88 valence electrons. The number of rotatable bonds is 5. The van der Waals surface area contributed by atoms with E-state index >= 15 is 0 Å². The van der Waals surface area contributed by atoms with Gasteiger partial charge in [0.2, 0.25) is 0 Å². The third-order valence-corrected chi connectivity index (χ3v) is 2.73. The Hall–Kier alpha value is -1.51. The molecule has 0 bridgehead atoms. The Kier molecular flexibility index (Phi) is 4.35. The Morgan fingerprint density at radius 2 is 1.81 bits per heavy atom. The van der Waals surface area contributed by atoms with Gasteiger partial charge in [0.15, 0.2) is 0 Å². The second-order valence-corrected chi connectivity index (χ2v) is 3.86. The van der Waals surface area contributed by atoms with Gasteiger partial charge in [0, 0.05) is 5.69 Å². The van der Waals surface area contributed by atoms with Crippen molar-refractivity contribution in [3.63, 3.8) is 0 Å². The van der Waals surface area contributed by atoms with Gasteiger partial charge in [0.05, 0.1) is 0 Å². The fraction of sp³-hybridized carbons (Fsp3) is 0.462. The number of hydrogen-bond donors (Lipinski definition) is 2. The van der Waals surface area contributed by atoms with Crippen molar-refractivity contribution < 1.29 is 9.90 Å². The van der Waals surface area contributed by atoms with E-state index in [1.54, 1.807) is 6.92 Å². The van der Waals surface area contributed by atoms with Crippen molar-refractivity contribution in [2.75, 3.05) is 5.32 Å². The summed E-state index contributed by atoms with van der Waals surface area (Å²) in [4.78, 5) is 10.8. The number of benzene rings is 1. The van der Waals surface area contributed by atoms with Crippen molar-refractivity contribution in [1.82, 2.24) is 0 Å². The number of anilines is 1. The van der Waals surface area contributed by atoms with Crippen LogP contribution in [0.5, 0.6) is 0 Å². The van der Waals surface area contributed by atoms with E-state index in [0.29, 0.717) is 0 Å². The number of para-hydroxylation sites is 1. The molecule has 0 aromatic heterocycles. The Labute approximate surface area is 96.5 Å². The summed E-state index contributed by atoms with van der Waals surface area (Å²) in [5, 5.41) is 12.0. The van der Waals surface area contributed by atoms with Crippen molar-refractivity contribution in [1.29, 1.82) is 0 Å². The van der Waals surface area contributed by atoms with Gasteiger partial charge in [-0.05, 0) is 30.9 Å². The molecule has 0 amide bonds. The molecule has 1 aromatic rings. The van der Waals surface area contributed by atoms with Crippen LogP contribution in [0.25, 0.3) is 0 Å². The minimum Gasteiger partial charge on any atom is -0.480 e. The zero-order valence-corrected chi connectivity index (χ0v) is 10.1. The number of carboxylic acids is 1. The smallest absolute Gasteiger partial charge is 0.325 e. The quantitative estimate of drug-likeness (QED) is 0.803. The zero-order chi connectivity index (χ0) is 12.1. The highest BCUT2D eigenvalue weighted by atomic mass is 16.4. The molecule has 0 saturated carbocycles. The molecular formula is C13H19NO2. The molecule has 0 unspecified atom stereocenters. The SMILES string of the molecule is CCc1cccc(CC)c1N[C@@H](C)C(=O)O. The van der Waals surface area contributed by atoms with Gasteiger partial charge in [-0.1, -0.05) is 32.0 Å². The van der Waals surface area contributed by atoms with Crippen LogP contribution in [0.4, 0.5) is 5.69 Å². The van der Waals surface area contributed by atoms with E-state index in [0.717, 1.165) is 18.5 Å². The minimum atomic E-state index is -0.826. The minimum absolute atomic E-state index is 0.557. The average Bonchev–Trinajstić information content (AvgIpc) is 2.29. The molecule has 1 aromatic carbocycles. The van der Waals surface area contributed by atoms with Crippen LogP contribution in [0.15, 0.2) is 18.2 Å². The lowest BCUT2D eigenvalue weighted by atomic mass is 10.0. The number of aliphatic carboxylic acids is 1. The topological polar surface area (TPSA) is 49.3 Å². The van der Waals surface area contributed by atoms with Crippen LogP contribution in [0.2, 0.25) is 0 Å². The molecule has 0 saturated heterocycles. The molecule has 0 spiro atoms. The van der Waals surface area contributed by atoms with Crippen LogP contribution in [0, 0.1) is 0 Å². The zero-order valence-electron chi connectivity index (χ0n) is 10.1. The van der Waals surface area contributed by atoms with Gasteiger partial charge in [-0.3, -0.25) is 4.79 Å². The third-order valence-electron chi connectivity index (χ3n) is 2.73. The normalized spacial score (nSPS) is 12.2. The monoisotopic (exact) mass is 221 g/mol. The molecule has 16 heavy (non-hydrogen) atoms. The molecule has 0 heterocycles. The lowest BCUT2D eigenvalue weighted by Crippen LogP contribution is -2.26. The molecular weight excluding hydrogens is 202 g/mol. The molecule has 0 aliphatic rings. The number of hydrogen-bond acceptors (Lipinski definition) is 2.